The molecule has 0 saturated carbocycles. The van der Waals surface area contributed by atoms with E-state index < -0.39 is 0 Å². The molecule has 0 saturated heterocycles. The van der Waals surface area contributed by atoms with Gasteiger partial charge in [-0.3, -0.25) is 4.79 Å². The average molecular weight is 384 g/mol. The molecule has 0 heterocycles. The number of carbonyl (C=O) groups excluding carboxylic acids is 1. The lowest BCUT2D eigenvalue weighted by Gasteiger charge is -2.21. The Bertz CT molecular complexity index is 909. The first-order chi connectivity index (χ1) is 12.5. The summed E-state index contributed by atoms with van der Waals surface area (Å²) in [5.74, 6) is 0.0711. The largest absolute Gasteiger partial charge is 0.378 e. The SMILES string of the molecule is Cc1cccc(NC(CC(=O)c2ccccc2)c2ccc(Cl)c(Cl)c2)c1. The van der Waals surface area contributed by atoms with Crippen molar-refractivity contribution < 1.29 is 4.79 Å². The number of aryl methyl sites for hydroxylation is 1. The molecule has 1 N–H and O–H groups in total. The number of hydrogen-bond acceptors (Lipinski definition) is 2. The molecule has 0 aliphatic heterocycles. The Balaban J connectivity index is 1.90. The maximum atomic E-state index is 12.7. The Morgan fingerprint density at radius 2 is 1.69 bits per heavy atom. The summed E-state index contributed by atoms with van der Waals surface area (Å²) in [6.45, 7) is 2.04. The van der Waals surface area contributed by atoms with Gasteiger partial charge in [-0.25, -0.2) is 0 Å². The summed E-state index contributed by atoms with van der Waals surface area (Å²) >= 11 is 12.2. The molecule has 0 radical (unpaired) electrons. The summed E-state index contributed by atoms with van der Waals surface area (Å²) in [6, 6.07) is 22.6. The van der Waals surface area contributed by atoms with Crippen molar-refractivity contribution in [1.82, 2.24) is 0 Å². The molecule has 0 bridgehead atoms. The van der Waals surface area contributed by atoms with Crippen molar-refractivity contribution in [3.8, 4) is 0 Å². The molecule has 0 spiro atoms. The summed E-state index contributed by atoms with van der Waals surface area (Å²) in [5, 5.41) is 4.44. The zero-order valence-electron chi connectivity index (χ0n) is 14.4. The summed E-state index contributed by atoms with van der Waals surface area (Å²) in [7, 11) is 0. The molecule has 3 aromatic rings. The van der Waals surface area contributed by atoms with Crippen LogP contribution in [0, 0.1) is 6.92 Å². The topological polar surface area (TPSA) is 29.1 Å². The number of Topliss-reactive ketones (excluding diaryl/α,β-unsaturated/α-hetero) is 1. The monoisotopic (exact) mass is 383 g/mol. The maximum Gasteiger partial charge on any atom is 0.165 e. The molecule has 0 amide bonds. The molecule has 4 heteroatoms. The van der Waals surface area contributed by atoms with Crippen molar-refractivity contribution in [3.63, 3.8) is 0 Å². The number of hydrogen-bond donors (Lipinski definition) is 1. The minimum Gasteiger partial charge on any atom is -0.378 e. The number of halogens is 2. The van der Waals surface area contributed by atoms with Crippen LogP contribution in [0.1, 0.15) is 33.9 Å². The third-order valence-electron chi connectivity index (χ3n) is 4.19. The number of anilines is 1. The van der Waals surface area contributed by atoms with Crippen LogP contribution in [0.4, 0.5) is 5.69 Å². The molecule has 3 aromatic carbocycles. The van der Waals surface area contributed by atoms with Crippen LogP contribution in [-0.2, 0) is 0 Å². The van der Waals surface area contributed by atoms with Crippen LogP contribution in [0.15, 0.2) is 72.8 Å². The third kappa shape index (κ3) is 4.66. The van der Waals surface area contributed by atoms with Gasteiger partial charge in [0.2, 0.25) is 0 Å². The highest BCUT2D eigenvalue weighted by Crippen LogP contribution is 2.30. The van der Waals surface area contributed by atoms with Gasteiger partial charge in [-0.15, -0.1) is 0 Å². The van der Waals surface area contributed by atoms with Gasteiger partial charge in [-0.1, -0.05) is 71.7 Å². The normalized spacial score (nSPS) is 11.8. The fraction of sp³-hybridized carbons (Fsp3) is 0.136. The van der Waals surface area contributed by atoms with E-state index in [1.807, 2.05) is 67.6 Å². The van der Waals surface area contributed by atoms with Crippen LogP contribution in [0.3, 0.4) is 0 Å². The number of ketones is 1. The van der Waals surface area contributed by atoms with Crippen LogP contribution in [0.2, 0.25) is 10.0 Å². The quantitative estimate of drug-likeness (QED) is 0.478. The van der Waals surface area contributed by atoms with Gasteiger partial charge in [0.1, 0.15) is 0 Å². The van der Waals surface area contributed by atoms with E-state index in [0.717, 1.165) is 16.8 Å². The van der Waals surface area contributed by atoms with Gasteiger partial charge >= 0.3 is 0 Å². The van der Waals surface area contributed by atoms with E-state index in [0.29, 0.717) is 22.0 Å². The molecule has 0 aliphatic carbocycles. The van der Waals surface area contributed by atoms with Crippen molar-refractivity contribution in [2.75, 3.05) is 5.32 Å². The van der Waals surface area contributed by atoms with Crippen LogP contribution in [-0.4, -0.2) is 5.78 Å². The lowest BCUT2D eigenvalue weighted by atomic mass is 9.97. The number of carbonyl (C=O) groups is 1. The molecular weight excluding hydrogens is 365 g/mol. The van der Waals surface area contributed by atoms with Gasteiger partial charge < -0.3 is 5.32 Å². The van der Waals surface area contributed by atoms with Gasteiger partial charge in [-0.05, 0) is 42.3 Å². The van der Waals surface area contributed by atoms with Gasteiger partial charge in [-0.2, -0.15) is 0 Å². The first kappa shape index (κ1) is 18.5. The molecule has 2 nitrogen and oxygen atoms in total. The smallest absolute Gasteiger partial charge is 0.165 e. The van der Waals surface area contributed by atoms with E-state index in [1.54, 1.807) is 6.07 Å². The minimum absolute atomic E-state index is 0.0711. The molecule has 0 fully saturated rings. The highest BCUT2D eigenvalue weighted by molar-refractivity contribution is 6.42. The zero-order chi connectivity index (χ0) is 18.5. The van der Waals surface area contributed by atoms with Crippen LogP contribution in [0.25, 0.3) is 0 Å². The number of nitrogens with one attached hydrogen (secondary N) is 1. The van der Waals surface area contributed by atoms with Crippen LogP contribution >= 0.6 is 23.2 Å². The van der Waals surface area contributed by atoms with Crippen molar-refractivity contribution in [2.24, 2.45) is 0 Å². The van der Waals surface area contributed by atoms with Gasteiger partial charge in [0.25, 0.3) is 0 Å². The van der Waals surface area contributed by atoms with Crippen LogP contribution in [0.5, 0.6) is 0 Å². The predicted octanol–water partition coefficient (Wildman–Crippen LogP) is 6.73. The molecule has 132 valence electrons. The van der Waals surface area contributed by atoms with Crippen molar-refractivity contribution in [1.29, 1.82) is 0 Å². The summed E-state index contributed by atoms with van der Waals surface area (Å²) in [5.41, 5.74) is 3.73. The molecular formula is C22H19Cl2NO. The Labute approximate surface area is 163 Å². The number of rotatable bonds is 6. The standard InChI is InChI=1S/C22H19Cl2NO/c1-15-6-5-9-18(12-15)25-21(17-10-11-19(23)20(24)13-17)14-22(26)16-7-3-2-4-8-16/h2-13,21,25H,14H2,1H3. The minimum atomic E-state index is -0.209. The Morgan fingerprint density at radius 3 is 2.38 bits per heavy atom. The van der Waals surface area contributed by atoms with Gasteiger partial charge in [0.05, 0.1) is 16.1 Å². The van der Waals surface area contributed by atoms with E-state index in [2.05, 4.69) is 11.4 Å². The Kier molecular flexibility index (Phi) is 5.97. The summed E-state index contributed by atoms with van der Waals surface area (Å²) in [6.07, 6.45) is 0.315. The fourth-order valence-corrected chi connectivity index (χ4v) is 3.15. The van der Waals surface area contributed by atoms with Gasteiger partial charge in [0, 0.05) is 17.7 Å². The van der Waals surface area contributed by atoms with E-state index in [4.69, 9.17) is 23.2 Å². The summed E-state index contributed by atoms with van der Waals surface area (Å²) in [4.78, 5) is 12.7. The second-order valence-corrected chi connectivity index (χ2v) is 7.05. The first-order valence-electron chi connectivity index (χ1n) is 8.39. The van der Waals surface area contributed by atoms with E-state index in [9.17, 15) is 4.79 Å². The van der Waals surface area contributed by atoms with Gasteiger partial charge in [0.15, 0.2) is 5.78 Å². The molecule has 0 aromatic heterocycles. The lowest BCUT2D eigenvalue weighted by molar-refractivity contribution is 0.0976. The first-order valence-corrected chi connectivity index (χ1v) is 9.15. The van der Waals surface area contributed by atoms with E-state index in [-0.39, 0.29) is 11.8 Å². The Morgan fingerprint density at radius 1 is 0.923 bits per heavy atom. The van der Waals surface area contributed by atoms with Crippen molar-refractivity contribution in [2.45, 2.75) is 19.4 Å². The molecule has 26 heavy (non-hydrogen) atoms. The zero-order valence-corrected chi connectivity index (χ0v) is 15.9. The lowest BCUT2D eigenvalue weighted by Crippen LogP contribution is -2.16. The number of benzene rings is 3. The second-order valence-electron chi connectivity index (χ2n) is 6.23. The predicted molar refractivity (Wildman–Crippen MR) is 109 cm³/mol. The van der Waals surface area contributed by atoms with E-state index in [1.165, 1.54) is 0 Å². The molecule has 1 unspecified atom stereocenters. The maximum absolute atomic E-state index is 12.7. The summed E-state index contributed by atoms with van der Waals surface area (Å²) < 4.78 is 0. The fourth-order valence-electron chi connectivity index (χ4n) is 2.84. The molecule has 3 rings (SSSR count). The Hall–Kier alpha value is -2.29. The van der Waals surface area contributed by atoms with Crippen molar-refractivity contribution >= 4 is 34.7 Å². The highest BCUT2D eigenvalue weighted by Gasteiger charge is 2.18. The van der Waals surface area contributed by atoms with Crippen molar-refractivity contribution in [3.05, 3.63) is 99.5 Å². The molecule has 1 atom stereocenters. The van der Waals surface area contributed by atoms with Crippen LogP contribution < -0.4 is 5.32 Å². The molecule has 0 aliphatic rings. The third-order valence-corrected chi connectivity index (χ3v) is 4.93. The average Bonchev–Trinajstić information content (AvgIpc) is 2.64. The van der Waals surface area contributed by atoms with E-state index >= 15 is 0 Å². The second kappa shape index (κ2) is 8.39. The highest BCUT2D eigenvalue weighted by atomic mass is 35.5.